The third kappa shape index (κ3) is 2.87. The molecular formula is C25H40O4. The van der Waals surface area contributed by atoms with Gasteiger partial charge in [-0.2, -0.15) is 0 Å². The van der Waals surface area contributed by atoms with E-state index in [2.05, 4.69) is 20.8 Å². The maximum Gasteiger partial charge on any atom is 0.306 e. The second-order valence-electron chi connectivity index (χ2n) is 12.2. The van der Waals surface area contributed by atoms with E-state index < -0.39 is 5.97 Å². The first-order chi connectivity index (χ1) is 13.7. The van der Waals surface area contributed by atoms with Crippen LogP contribution in [0.25, 0.3) is 0 Å². The number of aliphatic carboxylic acids is 1. The number of carboxylic acid groups (broad SMARTS) is 1. The van der Waals surface area contributed by atoms with Crippen LogP contribution in [0.5, 0.6) is 0 Å². The Morgan fingerprint density at radius 3 is 2.31 bits per heavy atom. The van der Waals surface area contributed by atoms with Crippen LogP contribution in [0.15, 0.2) is 0 Å². The van der Waals surface area contributed by atoms with Crippen LogP contribution in [0.4, 0.5) is 0 Å². The smallest absolute Gasteiger partial charge is 0.306 e. The molecule has 0 spiro atoms. The van der Waals surface area contributed by atoms with Crippen LogP contribution in [-0.2, 0) is 4.79 Å². The molecule has 2 unspecified atom stereocenters. The molecule has 0 aromatic rings. The molecule has 0 heterocycles. The number of aliphatic hydroxyl groups excluding tert-OH is 2. The molecule has 12 atom stereocenters. The van der Waals surface area contributed by atoms with E-state index in [0.717, 1.165) is 32.1 Å². The molecule has 5 aliphatic rings. The molecule has 4 nitrogen and oxygen atoms in total. The number of aliphatic hydroxyl groups is 2. The van der Waals surface area contributed by atoms with Gasteiger partial charge in [0.15, 0.2) is 0 Å². The van der Waals surface area contributed by atoms with E-state index in [1.54, 1.807) is 0 Å². The van der Waals surface area contributed by atoms with Gasteiger partial charge in [-0.25, -0.2) is 0 Å². The van der Waals surface area contributed by atoms with Gasteiger partial charge >= 0.3 is 5.97 Å². The van der Waals surface area contributed by atoms with Gasteiger partial charge in [-0.15, -0.1) is 0 Å². The van der Waals surface area contributed by atoms with E-state index in [-0.39, 0.29) is 29.0 Å². The van der Waals surface area contributed by atoms with Crippen molar-refractivity contribution >= 4 is 5.97 Å². The molecule has 5 aliphatic carbocycles. The van der Waals surface area contributed by atoms with Gasteiger partial charge in [0, 0.05) is 0 Å². The van der Waals surface area contributed by atoms with Crippen LogP contribution in [0.3, 0.4) is 0 Å². The second kappa shape index (κ2) is 6.69. The lowest BCUT2D eigenvalue weighted by Gasteiger charge is -2.62. The third-order valence-electron chi connectivity index (χ3n) is 11.2. The summed E-state index contributed by atoms with van der Waals surface area (Å²) in [6.45, 7) is 7.26. The van der Waals surface area contributed by atoms with Crippen molar-refractivity contribution in [3.8, 4) is 0 Å². The summed E-state index contributed by atoms with van der Waals surface area (Å²) in [7, 11) is 0. The topological polar surface area (TPSA) is 77.8 Å². The summed E-state index contributed by atoms with van der Waals surface area (Å²) in [5.41, 5.74) is 0.531. The first-order valence-electron chi connectivity index (χ1n) is 12.3. The molecule has 0 radical (unpaired) electrons. The Kier molecular flexibility index (Phi) is 4.68. The van der Waals surface area contributed by atoms with E-state index in [1.165, 1.54) is 25.7 Å². The molecule has 0 bridgehead atoms. The van der Waals surface area contributed by atoms with E-state index in [0.29, 0.717) is 41.4 Å². The number of rotatable bonds is 3. The monoisotopic (exact) mass is 404 g/mol. The van der Waals surface area contributed by atoms with Crippen molar-refractivity contribution in [3.05, 3.63) is 0 Å². The highest BCUT2D eigenvalue weighted by molar-refractivity contribution is 5.73. The zero-order valence-corrected chi connectivity index (χ0v) is 18.4. The summed E-state index contributed by atoms with van der Waals surface area (Å²) in [6.07, 6.45) is 9.08. The van der Waals surface area contributed by atoms with Gasteiger partial charge in [0.05, 0.1) is 18.1 Å². The van der Waals surface area contributed by atoms with Crippen molar-refractivity contribution in [2.75, 3.05) is 0 Å². The van der Waals surface area contributed by atoms with Crippen molar-refractivity contribution in [2.24, 2.45) is 58.2 Å². The second-order valence-corrected chi connectivity index (χ2v) is 12.2. The molecule has 0 aromatic carbocycles. The summed E-state index contributed by atoms with van der Waals surface area (Å²) >= 11 is 0. The Labute approximate surface area is 175 Å². The molecule has 29 heavy (non-hydrogen) atoms. The van der Waals surface area contributed by atoms with E-state index in [9.17, 15) is 20.1 Å². The third-order valence-corrected chi connectivity index (χ3v) is 11.2. The highest BCUT2D eigenvalue weighted by atomic mass is 16.4. The fraction of sp³-hybridized carbons (Fsp3) is 0.960. The molecular weight excluding hydrogens is 364 g/mol. The van der Waals surface area contributed by atoms with Crippen LogP contribution in [0.1, 0.15) is 78.6 Å². The van der Waals surface area contributed by atoms with Crippen molar-refractivity contribution in [2.45, 2.75) is 90.8 Å². The SMILES string of the molecule is C[C@@H](C1CC[C@H]2[C@@H]3[C@H](O)CC4C[C@H](O)CC[C@]4(C)[C@H]3CC[C@]12C)[C@H]1C[C@@H]1C(=O)O. The lowest BCUT2D eigenvalue weighted by Crippen LogP contribution is -2.58. The number of carbonyl (C=O) groups is 1. The average Bonchev–Trinajstić information content (AvgIpc) is 3.39. The first kappa shape index (κ1) is 20.3. The van der Waals surface area contributed by atoms with Crippen molar-refractivity contribution in [1.82, 2.24) is 0 Å². The lowest BCUT2D eigenvalue weighted by molar-refractivity contribution is -0.174. The first-order valence-corrected chi connectivity index (χ1v) is 12.3. The predicted molar refractivity (Wildman–Crippen MR) is 111 cm³/mol. The highest BCUT2D eigenvalue weighted by Gasteiger charge is 2.64. The molecule has 164 valence electrons. The molecule has 0 aliphatic heterocycles. The molecule has 5 rings (SSSR count). The predicted octanol–water partition coefficient (Wildman–Crippen LogP) is 4.33. The largest absolute Gasteiger partial charge is 0.481 e. The van der Waals surface area contributed by atoms with Crippen molar-refractivity contribution in [3.63, 3.8) is 0 Å². The van der Waals surface area contributed by atoms with Gasteiger partial charge in [0.25, 0.3) is 0 Å². The Hall–Kier alpha value is -0.610. The summed E-state index contributed by atoms with van der Waals surface area (Å²) in [5.74, 6) is 2.76. The number of carboxylic acids is 1. The van der Waals surface area contributed by atoms with E-state index in [1.807, 2.05) is 0 Å². The molecule has 0 amide bonds. The molecule has 5 saturated carbocycles. The maximum atomic E-state index is 11.4. The molecule has 0 saturated heterocycles. The fourth-order valence-electron chi connectivity index (χ4n) is 9.48. The maximum absolute atomic E-state index is 11.4. The average molecular weight is 405 g/mol. The minimum Gasteiger partial charge on any atom is -0.481 e. The van der Waals surface area contributed by atoms with Gasteiger partial charge in [-0.1, -0.05) is 20.8 Å². The standard InChI is InChI=1S/C25H40O4/c1-13(16-12-17(16)23(28)29)18-4-5-19-22-20(7-9-25(18,19)3)24(2)8-6-15(26)10-14(24)11-21(22)27/h13-22,26-27H,4-12H2,1-3H3,(H,28,29)/t13-,14?,15-,16-,17+,18?,19+,20+,21-,22+,24+,25-/m1/s1. The summed E-state index contributed by atoms with van der Waals surface area (Å²) in [4.78, 5) is 11.4. The van der Waals surface area contributed by atoms with Gasteiger partial charge in [-0.05, 0) is 110 Å². The van der Waals surface area contributed by atoms with Crippen molar-refractivity contribution < 1.29 is 20.1 Å². The lowest BCUT2D eigenvalue weighted by atomic mass is 9.43. The van der Waals surface area contributed by atoms with Crippen molar-refractivity contribution in [1.29, 1.82) is 0 Å². The van der Waals surface area contributed by atoms with E-state index >= 15 is 0 Å². The highest BCUT2D eigenvalue weighted by Crippen LogP contribution is 2.69. The Morgan fingerprint density at radius 1 is 0.931 bits per heavy atom. The Bertz CT molecular complexity index is 678. The molecule has 4 heteroatoms. The van der Waals surface area contributed by atoms with Crippen LogP contribution >= 0.6 is 0 Å². The summed E-state index contributed by atoms with van der Waals surface area (Å²) < 4.78 is 0. The Morgan fingerprint density at radius 2 is 1.62 bits per heavy atom. The Balaban J connectivity index is 1.39. The fourth-order valence-corrected chi connectivity index (χ4v) is 9.48. The van der Waals surface area contributed by atoms with Gasteiger partial charge in [-0.3, -0.25) is 4.79 Å². The number of fused-ring (bicyclic) bond motifs is 5. The summed E-state index contributed by atoms with van der Waals surface area (Å²) in [5, 5.41) is 30.9. The van der Waals surface area contributed by atoms with Crippen LogP contribution in [-0.4, -0.2) is 33.5 Å². The molecule has 3 N–H and O–H groups in total. The molecule has 5 fully saturated rings. The zero-order chi connectivity index (χ0) is 20.7. The minimum atomic E-state index is -0.605. The van der Waals surface area contributed by atoms with Gasteiger partial charge in [0.1, 0.15) is 0 Å². The van der Waals surface area contributed by atoms with E-state index in [4.69, 9.17) is 0 Å². The zero-order valence-electron chi connectivity index (χ0n) is 18.4. The number of hydrogen-bond acceptors (Lipinski definition) is 3. The quantitative estimate of drug-likeness (QED) is 0.654. The van der Waals surface area contributed by atoms with Crippen LogP contribution < -0.4 is 0 Å². The van der Waals surface area contributed by atoms with Crippen LogP contribution in [0.2, 0.25) is 0 Å². The van der Waals surface area contributed by atoms with Gasteiger partial charge < -0.3 is 15.3 Å². The van der Waals surface area contributed by atoms with Gasteiger partial charge in [0.2, 0.25) is 0 Å². The van der Waals surface area contributed by atoms with Crippen LogP contribution in [0, 0.1) is 58.2 Å². The summed E-state index contributed by atoms with van der Waals surface area (Å²) in [6, 6.07) is 0. The normalized spacial score (nSPS) is 57.3. The number of hydrogen-bond donors (Lipinski definition) is 3. The molecule has 0 aromatic heterocycles. The minimum absolute atomic E-state index is 0.113.